The van der Waals surface area contributed by atoms with Gasteiger partial charge in [-0.2, -0.15) is 0 Å². The highest BCUT2D eigenvalue weighted by atomic mass is 16.1. The Bertz CT molecular complexity index is 216. The Morgan fingerprint density at radius 1 is 1.58 bits per heavy atom. The third-order valence-corrected chi connectivity index (χ3v) is 1.79. The summed E-state index contributed by atoms with van der Waals surface area (Å²) < 4.78 is 0. The van der Waals surface area contributed by atoms with Gasteiger partial charge in [-0.1, -0.05) is 25.2 Å². The molecule has 0 aliphatic heterocycles. The van der Waals surface area contributed by atoms with Crippen LogP contribution in [0.1, 0.15) is 26.2 Å². The summed E-state index contributed by atoms with van der Waals surface area (Å²) in [6.07, 6.45) is 8.97. The number of rotatable bonds is 3. The fourth-order valence-corrected chi connectivity index (χ4v) is 1.12. The van der Waals surface area contributed by atoms with E-state index in [1.165, 1.54) is 0 Å². The first-order valence-corrected chi connectivity index (χ1v) is 4.49. The molecule has 66 valence electrons. The topological polar surface area (TPSA) is 29.1 Å². The van der Waals surface area contributed by atoms with E-state index < -0.39 is 0 Å². The van der Waals surface area contributed by atoms with E-state index >= 15 is 0 Å². The highest BCUT2D eigenvalue weighted by Gasteiger charge is 2.05. The lowest BCUT2D eigenvalue weighted by atomic mass is 10.1. The molecule has 1 amide bonds. The summed E-state index contributed by atoms with van der Waals surface area (Å²) in [6.45, 7) is 2.81. The molecule has 0 saturated heterocycles. The molecule has 0 aromatic carbocycles. The first-order chi connectivity index (χ1) is 5.84. The van der Waals surface area contributed by atoms with Gasteiger partial charge in [0.1, 0.15) is 0 Å². The van der Waals surface area contributed by atoms with Crippen LogP contribution in [0.4, 0.5) is 0 Å². The van der Waals surface area contributed by atoms with Crippen LogP contribution in [0.3, 0.4) is 0 Å². The van der Waals surface area contributed by atoms with Crippen LogP contribution < -0.4 is 5.32 Å². The van der Waals surface area contributed by atoms with Crippen molar-refractivity contribution in [2.45, 2.75) is 26.2 Å². The number of allylic oxidation sites excluding steroid dienone is 2. The Morgan fingerprint density at radius 2 is 2.42 bits per heavy atom. The predicted octanol–water partition coefficient (Wildman–Crippen LogP) is 1.79. The Hall–Kier alpha value is -1.05. The number of carbonyl (C=O) groups is 1. The van der Waals surface area contributed by atoms with E-state index in [1.807, 2.05) is 25.2 Å². The van der Waals surface area contributed by atoms with Crippen molar-refractivity contribution in [2.75, 3.05) is 6.54 Å². The molecule has 2 nitrogen and oxygen atoms in total. The standard InChI is InChI=1S/C10H15NO/c1-2-8-11-10(12)9-6-4-3-5-7-9/h4,6-7H,2-3,5,8H2,1H3,(H,11,12). The van der Waals surface area contributed by atoms with Gasteiger partial charge in [0.2, 0.25) is 0 Å². The molecule has 12 heavy (non-hydrogen) atoms. The summed E-state index contributed by atoms with van der Waals surface area (Å²) in [4.78, 5) is 11.3. The second-order valence-corrected chi connectivity index (χ2v) is 2.90. The lowest BCUT2D eigenvalue weighted by Crippen LogP contribution is -2.25. The first-order valence-electron chi connectivity index (χ1n) is 4.49. The van der Waals surface area contributed by atoms with Crippen LogP contribution in [0.25, 0.3) is 0 Å². The van der Waals surface area contributed by atoms with Gasteiger partial charge in [0.05, 0.1) is 0 Å². The zero-order chi connectivity index (χ0) is 8.81. The summed E-state index contributed by atoms with van der Waals surface area (Å²) in [7, 11) is 0. The van der Waals surface area contributed by atoms with E-state index in [2.05, 4.69) is 5.32 Å². The van der Waals surface area contributed by atoms with Crippen molar-refractivity contribution in [2.24, 2.45) is 0 Å². The quantitative estimate of drug-likeness (QED) is 0.678. The number of amides is 1. The van der Waals surface area contributed by atoms with Crippen LogP contribution in [0.5, 0.6) is 0 Å². The molecule has 1 aliphatic rings. The maximum absolute atomic E-state index is 11.3. The Morgan fingerprint density at radius 3 is 3.00 bits per heavy atom. The van der Waals surface area contributed by atoms with Gasteiger partial charge in [0.25, 0.3) is 5.91 Å². The van der Waals surface area contributed by atoms with Crippen molar-refractivity contribution in [1.29, 1.82) is 0 Å². The van der Waals surface area contributed by atoms with Crippen molar-refractivity contribution in [1.82, 2.24) is 5.32 Å². The number of nitrogens with one attached hydrogen (secondary N) is 1. The zero-order valence-electron chi connectivity index (χ0n) is 7.47. The molecule has 0 aromatic rings. The van der Waals surface area contributed by atoms with Gasteiger partial charge in [-0.05, 0) is 19.3 Å². The van der Waals surface area contributed by atoms with Crippen LogP contribution in [0, 0.1) is 0 Å². The zero-order valence-corrected chi connectivity index (χ0v) is 7.47. The summed E-state index contributed by atoms with van der Waals surface area (Å²) in [5.41, 5.74) is 0.815. The largest absolute Gasteiger partial charge is 0.352 e. The Kier molecular flexibility index (Phi) is 3.58. The molecule has 0 atom stereocenters. The molecule has 0 heterocycles. The molecule has 0 spiro atoms. The molecular weight excluding hydrogens is 150 g/mol. The fraction of sp³-hybridized carbons (Fsp3) is 0.500. The second kappa shape index (κ2) is 4.75. The molecule has 0 aromatic heterocycles. The fourth-order valence-electron chi connectivity index (χ4n) is 1.12. The Labute approximate surface area is 73.4 Å². The van der Waals surface area contributed by atoms with Crippen molar-refractivity contribution in [3.8, 4) is 0 Å². The minimum atomic E-state index is 0.0628. The SMILES string of the molecule is CCCNC(=O)C1=CCCC=C1. The third-order valence-electron chi connectivity index (χ3n) is 1.79. The first kappa shape index (κ1) is 9.04. The summed E-state index contributed by atoms with van der Waals surface area (Å²) in [5.74, 6) is 0.0628. The highest BCUT2D eigenvalue weighted by molar-refractivity contribution is 5.96. The molecular formula is C10H15NO. The number of hydrogen-bond acceptors (Lipinski definition) is 1. The molecule has 0 bridgehead atoms. The van der Waals surface area contributed by atoms with Gasteiger partial charge in [-0.3, -0.25) is 4.79 Å². The average Bonchev–Trinajstić information content (AvgIpc) is 2.15. The molecule has 0 unspecified atom stereocenters. The molecule has 0 fully saturated rings. The van der Waals surface area contributed by atoms with Gasteiger partial charge in [-0.25, -0.2) is 0 Å². The van der Waals surface area contributed by atoms with Crippen molar-refractivity contribution in [3.63, 3.8) is 0 Å². The smallest absolute Gasteiger partial charge is 0.250 e. The van der Waals surface area contributed by atoms with Gasteiger partial charge in [-0.15, -0.1) is 0 Å². The molecule has 1 N–H and O–H groups in total. The normalized spacial score (nSPS) is 15.6. The van der Waals surface area contributed by atoms with E-state index in [-0.39, 0.29) is 5.91 Å². The maximum Gasteiger partial charge on any atom is 0.250 e. The summed E-state index contributed by atoms with van der Waals surface area (Å²) >= 11 is 0. The molecule has 0 saturated carbocycles. The van der Waals surface area contributed by atoms with Crippen LogP contribution >= 0.6 is 0 Å². The van der Waals surface area contributed by atoms with Crippen LogP contribution in [0.15, 0.2) is 23.8 Å². The van der Waals surface area contributed by atoms with Crippen LogP contribution in [-0.4, -0.2) is 12.5 Å². The minimum absolute atomic E-state index is 0.0628. The van der Waals surface area contributed by atoms with E-state index in [1.54, 1.807) is 0 Å². The van der Waals surface area contributed by atoms with Gasteiger partial charge < -0.3 is 5.32 Å². The lowest BCUT2D eigenvalue weighted by molar-refractivity contribution is -0.117. The van der Waals surface area contributed by atoms with E-state index in [0.717, 1.165) is 31.4 Å². The molecule has 2 heteroatoms. The van der Waals surface area contributed by atoms with E-state index in [9.17, 15) is 4.79 Å². The van der Waals surface area contributed by atoms with Crippen LogP contribution in [0.2, 0.25) is 0 Å². The van der Waals surface area contributed by atoms with E-state index in [0.29, 0.717) is 0 Å². The van der Waals surface area contributed by atoms with Crippen molar-refractivity contribution >= 4 is 5.91 Å². The lowest BCUT2D eigenvalue weighted by Gasteiger charge is -2.06. The predicted molar refractivity (Wildman–Crippen MR) is 49.8 cm³/mol. The van der Waals surface area contributed by atoms with Crippen molar-refractivity contribution in [3.05, 3.63) is 23.8 Å². The highest BCUT2D eigenvalue weighted by Crippen LogP contribution is 2.08. The molecule has 0 radical (unpaired) electrons. The van der Waals surface area contributed by atoms with Crippen molar-refractivity contribution < 1.29 is 4.79 Å². The Balaban J connectivity index is 2.41. The van der Waals surface area contributed by atoms with Gasteiger partial charge >= 0.3 is 0 Å². The minimum Gasteiger partial charge on any atom is -0.352 e. The number of carbonyl (C=O) groups excluding carboxylic acids is 1. The second-order valence-electron chi connectivity index (χ2n) is 2.90. The maximum atomic E-state index is 11.3. The number of hydrogen-bond donors (Lipinski definition) is 1. The third kappa shape index (κ3) is 2.53. The van der Waals surface area contributed by atoms with Gasteiger partial charge in [0.15, 0.2) is 0 Å². The van der Waals surface area contributed by atoms with E-state index in [4.69, 9.17) is 0 Å². The monoisotopic (exact) mass is 165 g/mol. The summed E-state index contributed by atoms with van der Waals surface area (Å²) in [5, 5.41) is 2.84. The molecule has 1 aliphatic carbocycles. The van der Waals surface area contributed by atoms with Gasteiger partial charge in [0, 0.05) is 12.1 Å². The van der Waals surface area contributed by atoms with Crippen LogP contribution in [-0.2, 0) is 4.79 Å². The summed E-state index contributed by atoms with van der Waals surface area (Å²) in [6, 6.07) is 0. The average molecular weight is 165 g/mol. The molecule has 1 rings (SSSR count).